The third kappa shape index (κ3) is 3.26. The summed E-state index contributed by atoms with van der Waals surface area (Å²) in [6.45, 7) is 1.72. The van der Waals surface area contributed by atoms with Crippen molar-refractivity contribution in [2.24, 2.45) is 5.92 Å². The molecule has 1 saturated heterocycles. The second-order valence-corrected chi connectivity index (χ2v) is 5.56. The molecule has 5 heteroatoms. The number of nitrogens with zero attached hydrogens (tertiary/aromatic N) is 1. The largest absolute Gasteiger partial charge is 0.397 e. The first-order valence-corrected chi connectivity index (χ1v) is 7.56. The van der Waals surface area contributed by atoms with Gasteiger partial charge in [0.15, 0.2) is 0 Å². The summed E-state index contributed by atoms with van der Waals surface area (Å²) in [4.78, 5) is 16.5. The average Bonchev–Trinajstić information content (AvgIpc) is 2.58. The van der Waals surface area contributed by atoms with Crippen molar-refractivity contribution in [2.45, 2.75) is 12.8 Å². The normalized spacial score (nSPS) is 17.9. The Hall–Kier alpha value is -2.40. The zero-order valence-corrected chi connectivity index (χ0v) is 12.4. The molecule has 0 radical (unpaired) electrons. The monoisotopic (exact) mass is 296 g/mol. The molecular weight excluding hydrogens is 276 g/mol. The summed E-state index contributed by atoms with van der Waals surface area (Å²) in [6, 6.07) is 11.7. The summed E-state index contributed by atoms with van der Waals surface area (Å²) in [7, 11) is 0. The van der Waals surface area contributed by atoms with Crippen molar-refractivity contribution in [3.05, 3.63) is 42.6 Å². The molecule has 0 bridgehead atoms. The van der Waals surface area contributed by atoms with Gasteiger partial charge in [0.05, 0.1) is 17.8 Å². The van der Waals surface area contributed by atoms with Gasteiger partial charge in [0.1, 0.15) is 5.82 Å². The summed E-state index contributed by atoms with van der Waals surface area (Å²) in [5.41, 5.74) is 8.50. The number of nitrogens with one attached hydrogen (secondary N) is 2. The molecule has 1 aliphatic heterocycles. The van der Waals surface area contributed by atoms with Crippen LogP contribution in [0.25, 0.3) is 11.1 Å². The van der Waals surface area contributed by atoms with Gasteiger partial charge in [0, 0.05) is 12.1 Å². The average molecular weight is 296 g/mol. The van der Waals surface area contributed by atoms with Crippen molar-refractivity contribution >= 4 is 17.4 Å². The van der Waals surface area contributed by atoms with Crippen LogP contribution in [-0.2, 0) is 4.79 Å². The van der Waals surface area contributed by atoms with Crippen molar-refractivity contribution in [3.8, 4) is 11.1 Å². The van der Waals surface area contributed by atoms with Gasteiger partial charge in [-0.3, -0.25) is 4.79 Å². The van der Waals surface area contributed by atoms with Crippen molar-refractivity contribution in [2.75, 3.05) is 24.1 Å². The molecule has 4 N–H and O–H groups in total. The van der Waals surface area contributed by atoms with Gasteiger partial charge in [-0.05, 0) is 31.0 Å². The van der Waals surface area contributed by atoms with Crippen LogP contribution < -0.4 is 16.4 Å². The minimum atomic E-state index is 0.00767. The lowest BCUT2D eigenvalue weighted by molar-refractivity contribution is -0.120. The predicted molar refractivity (Wildman–Crippen MR) is 88.3 cm³/mol. The maximum absolute atomic E-state index is 12.3. The standard InChI is InChI=1S/C17H20N4O/c18-15-11-20-16(9-14(15)12-5-2-1-3-6-12)21-17(22)13-7-4-8-19-10-13/h1-3,5-6,9,11,13,19H,4,7-8,10,18H2,(H,20,21,22). The Bertz CT molecular complexity index is 651. The molecule has 0 saturated carbocycles. The molecule has 1 atom stereocenters. The van der Waals surface area contributed by atoms with Crippen LogP contribution in [0.1, 0.15) is 12.8 Å². The van der Waals surface area contributed by atoms with Gasteiger partial charge in [0.2, 0.25) is 5.91 Å². The van der Waals surface area contributed by atoms with E-state index in [0.717, 1.165) is 37.1 Å². The van der Waals surface area contributed by atoms with Crippen LogP contribution in [0.5, 0.6) is 0 Å². The zero-order valence-electron chi connectivity index (χ0n) is 12.4. The van der Waals surface area contributed by atoms with Gasteiger partial charge in [-0.1, -0.05) is 30.3 Å². The molecule has 0 aliphatic carbocycles. The maximum atomic E-state index is 12.3. The summed E-state index contributed by atoms with van der Waals surface area (Å²) in [5, 5.41) is 6.15. The van der Waals surface area contributed by atoms with Gasteiger partial charge in [-0.15, -0.1) is 0 Å². The number of amides is 1. The van der Waals surface area contributed by atoms with E-state index in [0.29, 0.717) is 11.5 Å². The Morgan fingerprint density at radius 3 is 2.86 bits per heavy atom. The van der Waals surface area contributed by atoms with Crippen LogP contribution in [0.15, 0.2) is 42.6 Å². The molecule has 1 fully saturated rings. The molecule has 5 nitrogen and oxygen atoms in total. The summed E-state index contributed by atoms with van der Waals surface area (Å²) < 4.78 is 0. The number of nitrogen functional groups attached to an aromatic ring is 1. The molecule has 1 aromatic carbocycles. The fourth-order valence-electron chi connectivity index (χ4n) is 2.71. The number of pyridine rings is 1. The fourth-order valence-corrected chi connectivity index (χ4v) is 2.71. The highest BCUT2D eigenvalue weighted by atomic mass is 16.2. The molecule has 2 heterocycles. The number of nitrogens with two attached hydrogens (primary N) is 1. The third-order valence-electron chi connectivity index (χ3n) is 3.94. The molecular formula is C17H20N4O. The third-order valence-corrected chi connectivity index (χ3v) is 3.94. The van der Waals surface area contributed by atoms with E-state index in [4.69, 9.17) is 5.73 Å². The van der Waals surface area contributed by atoms with Crippen LogP contribution in [0.4, 0.5) is 11.5 Å². The topological polar surface area (TPSA) is 80.0 Å². The minimum absolute atomic E-state index is 0.00767. The van der Waals surface area contributed by atoms with Crippen LogP contribution in [0, 0.1) is 5.92 Å². The number of anilines is 2. The number of hydrogen-bond donors (Lipinski definition) is 3. The minimum Gasteiger partial charge on any atom is -0.397 e. The van der Waals surface area contributed by atoms with Crippen molar-refractivity contribution in [3.63, 3.8) is 0 Å². The molecule has 1 unspecified atom stereocenters. The first-order chi connectivity index (χ1) is 10.7. The van der Waals surface area contributed by atoms with Gasteiger partial charge >= 0.3 is 0 Å². The number of rotatable bonds is 3. The van der Waals surface area contributed by atoms with E-state index in [1.807, 2.05) is 36.4 Å². The smallest absolute Gasteiger partial charge is 0.229 e. The fraction of sp³-hybridized carbons (Fsp3) is 0.294. The van der Waals surface area contributed by atoms with Gasteiger partial charge < -0.3 is 16.4 Å². The van der Waals surface area contributed by atoms with Crippen LogP contribution >= 0.6 is 0 Å². The van der Waals surface area contributed by atoms with E-state index in [1.54, 1.807) is 6.20 Å². The number of aromatic nitrogens is 1. The zero-order chi connectivity index (χ0) is 15.4. The molecule has 3 rings (SSSR count). The van der Waals surface area contributed by atoms with Crippen molar-refractivity contribution in [1.29, 1.82) is 0 Å². The van der Waals surface area contributed by atoms with Crippen LogP contribution in [0.2, 0.25) is 0 Å². The molecule has 114 valence electrons. The Balaban J connectivity index is 1.79. The molecule has 1 aromatic heterocycles. The Kier molecular flexibility index (Phi) is 4.34. The Morgan fingerprint density at radius 1 is 1.32 bits per heavy atom. The predicted octanol–water partition coefficient (Wildman–Crippen LogP) is 2.27. The second kappa shape index (κ2) is 6.58. The summed E-state index contributed by atoms with van der Waals surface area (Å²) in [5.74, 6) is 0.570. The molecule has 0 spiro atoms. The van der Waals surface area contributed by atoms with E-state index in [-0.39, 0.29) is 11.8 Å². The second-order valence-electron chi connectivity index (χ2n) is 5.56. The van der Waals surface area contributed by atoms with Gasteiger partial charge in [-0.25, -0.2) is 4.98 Å². The lowest BCUT2D eigenvalue weighted by Gasteiger charge is -2.21. The van der Waals surface area contributed by atoms with E-state index in [2.05, 4.69) is 15.6 Å². The number of benzene rings is 1. The first kappa shape index (κ1) is 14.5. The summed E-state index contributed by atoms with van der Waals surface area (Å²) in [6.07, 6.45) is 3.54. The molecule has 2 aromatic rings. The highest BCUT2D eigenvalue weighted by Gasteiger charge is 2.21. The number of carbonyl (C=O) groups excluding carboxylic acids is 1. The quantitative estimate of drug-likeness (QED) is 0.811. The van der Waals surface area contributed by atoms with Gasteiger partial charge in [0.25, 0.3) is 0 Å². The van der Waals surface area contributed by atoms with E-state index in [1.165, 1.54) is 0 Å². The van der Waals surface area contributed by atoms with Crippen molar-refractivity contribution < 1.29 is 4.79 Å². The van der Waals surface area contributed by atoms with Crippen molar-refractivity contribution in [1.82, 2.24) is 10.3 Å². The number of hydrogen-bond acceptors (Lipinski definition) is 4. The highest BCUT2D eigenvalue weighted by molar-refractivity contribution is 5.93. The molecule has 1 aliphatic rings. The highest BCUT2D eigenvalue weighted by Crippen LogP contribution is 2.27. The van der Waals surface area contributed by atoms with E-state index in [9.17, 15) is 4.79 Å². The summed E-state index contributed by atoms with van der Waals surface area (Å²) >= 11 is 0. The van der Waals surface area contributed by atoms with Gasteiger partial charge in [-0.2, -0.15) is 0 Å². The van der Waals surface area contributed by atoms with E-state index < -0.39 is 0 Å². The number of piperidine rings is 1. The Labute approximate surface area is 129 Å². The molecule has 22 heavy (non-hydrogen) atoms. The van der Waals surface area contributed by atoms with E-state index >= 15 is 0 Å². The van der Waals surface area contributed by atoms with Crippen LogP contribution in [0.3, 0.4) is 0 Å². The lowest BCUT2D eigenvalue weighted by atomic mass is 9.99. The molecule has 1 amide bonds. The SMILES string of the molecule is Nc1cnc(NC(=O)C2CCCNC2)cc1-c1ccccc1. The number of carbonyl (C=O) groups is 1. The first-order valence-electron chi connectivity index (χ1n) is 7.56. The Morgan fingerprint density at radius 2 is 2.14 bits per heavy atom. The van der Waals surface area contributed by atoms with Crippen LogP contribution in [-0.4, -0.2) is 24.0 Å². The lowest BCUT2D eigenvalue weighted by Crippen LogP contribution is -2.37. The maximum Gasteiger partial charge on any atom is 0.229 e.